The molecule has 1 atom stereocenters. The van der Waals surface area contributed by atoms with E-state index in [9.17, 15) is 9.59 Å². The fraction of sp³-hybridized carbons (Fsp3) is 0.182. The molecule has 2 aromatic carbocycles. The molecule has 6 nitrogen and oxygen atoms in total. The molecule has 4 aromatic rings. The van der Waals surface area contributed by atoms with E-state index in [4.69, 9.17) is 4.42 Å². The van der Waals surface area contributed by atoms with Gasteiger partial charge in [0.15, 0.2) is 5.43 Å². The van der Waals surface area contributed by atoms with Crippen LogP contribution in [0.2, 0.25) is 0 Å². The van der Waals surface area contributed by atoms with Gasteiger partial charge in [0.1, 0.15) is 10.6 Å². The Morgan fingerprint density at radius 3 is 2.52 bits per heavy atom. The number of aromatic nitrogens is 2. The summed E-state index contributed by atoms with van der Waals surface area (Å²) in [6.45, 7) is 3.91. The van der Waals surface area contributed by atoms with Gasteiger partial charge in [0.25, 0.3) is 5.91 Å². The Kier molecular flexibility index (Phi) is 4.06. The summed E-state index contributed by atoms with van der Waals surface area (Å²) in [6, 6.07) is 14.4. The average molecular weight is 403 g/mol. The number of para-hydroxylation sites is 1. The van der Waals surface area contributed by atoms with Crippen molar-refractivity contribution in [1.29, 1.82) is 0 Å². The van der Waals surface area contributed by atoms with Crippen molar-refractivity contribution in [2.24, 2.45) is 0 Å². The molecule has 0 N–H and O–H groups in total. The van der Waals surface area contributed by atoms with Gasteiger partial charge in [0, 0.05) is 0 Å². The van der Waals surface area contributed by atoms with E-state index in [-0.39, 0.29) is 17.1 Å². The number of benzene rings is 2. The van der Waals surface area contributed by atoms with Gasteiger partial charge in [-0.2, -0.15) is 0 Å². The molecule has 0 aliphatic carbocycles. The second-order valence-corrected chi connectivity index (χ2v) is 8.11. The molecule has 7 heteroatoms. The van der Waals surface area contributed by atoms with Gasteiger partial charge in [0.05, 0.1) is 17.0 Å². The molecule has 2 aromatic heterocycles. The minimum absolute atomic E-state index is 0.0751. The largest absolute Gasteiger partial charge is 0.450 e. The minimum Gasteiger partial charge on any atom is -0.450 e. The molecule has 0 saturated heterocycles. The van der Waals surface area contributed by atoms with Crippen LogP contribution >= 0.6 is 11.3 Å². The van der Waals surface area contributed by atoms with Crippen LogP contribution in [0.1, 0.15) is 45.2 Å². The van der Waals surface area contributed by atoms with Crippen LogP contribution in [0.25, 0.3) is 11.0 Å². The predicted octanol–water partition coefficient (Wildman–Crippen LogP) is 4.27. The number of aryl methyl sites for hydroxylation is 2. The number of fused-ring (bicyclic) bond motifs is 2. The number of anilines is 1. The molecule has 0 bridgehead atoms. The summed E-state index contributed by atoms with van der Waals surface area (Å²) in [6.07, 6.45) is 0.909. The fourth-order valence-corrected chi connectivity index (χ4v) is 4.47. The lowest BCUT2D eigenvalue weighted by Gasteiger charge is -2.22. The van der Waals surface area contributed by atoms with Crippen LogP contribution in [0.5, 0.6) is 0 Å². The molecule has 1 amide bonds. The highest BCUT2D eigenvalue weighted by atomic mass is 32.1. The summed E-state index contributed by atoms with van der Waals surface area (Å²) in [7, 11) is 0. The van der Waals surface area contributed by atoms with Gasteiger partial charge >= 0.3 is 0 Å². The van der Waals surface area contributed by atoms with Crippen molar-refractivity contribution in [3.8, 4) is 0 Å². The lowest BCUT2D eigenvalue weighted by Crippen LogP contribution is -2.29. The van der Waals surface area contributed by atoms with E-state index in [0.717, 1.165) is 17.0 Å². The molecule has 0 fully saturated rings. The SMILES string of the molecule is CCc1ccc([C@@H]2c3c(oc4ccccc4c3=O)C(=O)N2c2nnc(C)s2)cc1. The van der Waals surface area contributed by atoms with E-state index in [1.54, 1.807) is 24.3 Å². The Labute approximate surface area is 170 Å². The summed E-state index contributed by atoms with van der Waals surface area (Å²) in [5, 5.41) is 9.88. The van der Waals surface area contributed by atoms with Crippen LogP contribution in [0.15, 0.2) is 57.7 Å². The van der Waals surface area contributed by atoms with Gasteiger partial charge in [-0.1, -0.05) is 54.7 Å². The fourth-order valence-electron chi connectivity index (χ4n) is 3.75. The normalized spacial score (nSPS) is 15.9. The minimum atomic E-state index is -0.600. The molecule has 0 saturated carbocycles. The number of hydrogen-bond donors (Lipinski definition) is 0. The Morgan fingerprint density at radius 2 is 1.83 bits per heavy atom. The molecular formula is C22H17N3O3S. The van der Waals surface area contributed by atoms with Crippen molar-refractivity contribution in [3.63, 3.8) is 0 Å². The quantitative estimate of drug-likeness (QED) is 0.511. The van der Waals surface area contributed by atoms with Crippen molar-refractivity contribution in [1.82, 2.24) is 10.2 Å². The molecule has 0 radical (unpaired) electrons. The predicted molar refractivity (Wildman–Crippen MR) is 112 cm³/mol. The van der Waals surface area contributed by atoms with Crippen LogP contribution in [-0.4, -0.2) is 16.1 Å². The maximum Gasteiger partial charge on any atom is 0.297 e. The first-order chi connectivity index (χ1) is 14.1. The first kappa shape index (κ1) is 17.8. The second kappa shape index (κ2) is 6.63. The zero-order chi connectivity index (χ0) is 20.1. The molecule has 144 valence electrons. The highest BCUT2D eigenvalue weighted by molar-refractivity contribution is 7.15. The molecule has 1 aliphatic heterocycles. The van der Waals surface area contributed by atoms with Gasteiger partial charge in [-0.25, -0.2) is 0 Å². The summed E-state index contributed by atoms with van der Waals surface area (Å²) >= 11 is 1.31. The Balaban J connectivity index is 1.79. The summed E-state index contributed by atoms with van der Waals surface area (Å²) in [5.41, 5.74) is 2.58. The molecule has 5 rings (SSSR count). The number of amides is 1. The molecule has 29 heavy (non-hydrogen) atoms. The van der Waals surface area contributed by atoms with E-state index in [1.807, 2.05) is 31.2 Å². The van der Waals surface area contributed by atoms with E-state index in [2.05, 4.69) is 17.1 Å². The first-order valence-corrected chi connectivity index (χ1v) is 10.2. The Morgan fingerprint density at radius 1 is 1.07 bits per heavy atom. The van der Waals surface area contributed by atoms with Crippen molar-refractivity contribution >= 4 is 33.3 Å². The van der Waals surface area contributed by atoms with E-state index in [0.29, 0.717) is 21.7 Å². The lowest BCUT2D eigenvalue weighted by atomic mass is 9.97. The molecule has 0 unspecified atom stereocenters. The van der Waals surface area contributed by atoms with Crippen molar-refractivity contribution in [2.75, 3.05) is 4.90 Å². The third-order valence-electron chi connectivity index (χ3n) is 5.20. The maximum absolute atomic E-state index is 13.4. The van der Waals surface area contributed by atoms with Gasteiger partial charge in [-0.05, 0) is 36.6 Å². The smallest absolute Gasteiger partial charge is 0.297 e. The zero-order valence-corrected chi connectivity index (χ0v) is 16.7. The molecule has 1 aliphatic rings. The standard InChI is InChI=1S/C22H17N3O3S/c1-3-13-8-10-14(11-9-13)18-17-19(26)15-6-4-5-7-16(15)28-20(17)21(27)25(18)22-24-23-12(2)29-22/h4-11,18H,3H2,1-2H3/t18-/m1/s1. The Bertz CT molecular complexity index is 1310. The van der Waals surface area contributed by atoms with E-state index >= 15 is 0 Å². The molecule has 0 spiro atoms. The first-order valence-electron chi connectivity index (χ1n) is 9.36. The van der Waals surface area contributed by atoms with Crippen molar-refractivity contribution in [2.45, 2.75) is 26.3 Å². The van der Waals surface area contributed by atoms with E-state index < -0.39 is 6.04 Å². The summed E-state index contributed by atoms with van der Waals surface area (Å²) in [4.78, 5) is 28.3. The monoisotopic (exact) mass is 403 g/mol. The van der Waals surface area contributed by atoms with Gasteiger partial charge in [-0.3, -0.25) is 14.5 Å². The second-order valence-electron chi connectivity index (χ2n) is 6.95. The third-order valence-corrected chi connectivity index (χ3v) is 6.04. The number of hydrogen-bond acceptors (Lipinski definition) is 6. The topological polar surface area (TPSA) is 76.3 Å². The average Bonchev–Trinajstić information content (AvgIpc) is 3.29. The Hall–Kier alpha value is -3.32. The van der Waals surface area contributed by atoms with Gasteiger partial charge in [0.2, 0.25) is 10.9 Å². The van der Waals surface area contributed by atoms with Crippen LogP contribution in [0.4, 0.5) is 5.13 Å². The number of nitrogens with zero attached hydrogens (tertiary/aromatic N) is 3. The highest BCUT2D eigenvalue weighted by Gasteiger charge is 2.45. The van der Waals surface area contributed by atoms with Gasteiger partial charge in [-0.15, -0.1) is 10.2 Å². The zero-order valence-electron chi connectivity index (χ0n) is 15.9. The molecule has 3 heterocycles. The number of rotatable bonds is 3. The van der Waals surface area contributed by atoms with Crippen LogP contribution < -0.4 is 10.3 Å². The third kappa shape index (κ3) is 2.69. The summed E-state index contributed by atoms with van der Waals surface area (Å²) < 4.78 is 5.92. The van der Waals surface area contributed by atoms with Crippen LogP contribution in [0.3, 0.4) is 0 Å². The number of carbonyl (C=O) groups excluding carboxylic acids is 1. The van der Waals surface area contributed by atoms with Gasteiger partial charge < -0.3 is 4.42 Å². The highest BCUT2D eigenvalue weighted by Crippen LogP contribution is 2.42. The van der Waals surface area contributed by atoms with Crippen LogP contribution in [-0.2, 0) is 6.42 Å². The molecular weight excluding hydrogens is 386 g/mol. The maximum atomic E-state index is 13.4. The van der Waals surface area contributed by atoms with Crippen LogP contribution in [0, 0.1) is 6.92 Å². The lowest BCUT2D eigenvalue weighted by molar-refractivity contribution is 0.0970. The summed E-state index contributed by atoms with van der Waals surface area (Å²) in [5.74, 6) is -0.297. The number of carbonyl (C=O) groups is 1. The van der Waals surface area contributed by atoms with Crippen molar-refractivity contribution < 1.29 is 9.21 Å². The van der Waals surface area contributed by atoms with Crippen molar-refractivity contribution in [3.05, 3.63) is 86.2 Å². The van der Waals surface area contributed by atoms with E-state index in [1.165, 1.54) is 21.8 Å².